The van der Waals surface area contributed by atoms with Gasteiger partial charge in [-0.25, -0.2) is 0 Å². The third-order valence-corrected chi connectivity index (χ3v) is 3.66. The van der Waals surface area contributed by atoms with Crippen molar-refractivity contribution in [3.63, 3.8) is 0 Å². The minimum Gasteiger partial charge on any atom is -0.339 e. The van der Waals surface area contributed by atoms with Crippen LogP contribution >= 0.6 is 11.8 Å². The number of hydrogen-bond acceptors (Lipinski definition) is 3. The summed E-state index contributed by atoms with van der Waals surface area (Å²) < 4.78 is 0. The minimum atomic E-state index is 0.304. The van der Waals surface area contributed by atoms with Crippen LogP contribution in [0.3, 0.4) is 0 Å². The number of thioether (sulfide) groups is 1. The first-order chi connectivity index (χ1) is 7.65. The lowest BCUT2D eigenvalue weighted by atomic mass is 10.2. The van der Waals surface area contributed by atoms with E-state index in [9.17, 15) is 4.79 Å². The molecule has 1 fully saturated rings. The fraction of sp³-hybridized carbons (Fsp3) is 0.917. The molecule has 3 nitrogen and oxygen atoms in total. The third kappa shape index (κ3) is 4.34. The Morgan fingerprint density at radius 1 is 1.56 bits per heavy atom. The second kappa shape index (κ2) is 7.17. The molecule has 0 bridgehead atoms. The Hall–Kier alpha value is -0.220. The fourth-order valence-electron chi connectivity index (χ4n) is 2.08. The van der Waals surface area contributed by atoms with Crippen LogP contribution in [0, 0.1) is 0 Å². The summed E-state index contributed by atoms with van der Waals surface area (Å²) in [4.78, 5) is 14.0. The van der Waals surface area contributed by atoms with Crippen molar-refractivity contribution in [1.82, 2.24) is 10.2 Å². The zero-order valence-corrected chi connectivity index (χ0v) is 11.5. The first kappa shape index (κ1) is 13.8. The zero-order valence-electron chi connectivity index (χ0n) is 10.7. The second-order valence-corrected chi connectivity index (χ2v) is 5.66. The fourth-order valence-corrected chi connectivity index (χ4v) is 2.46. The van der Waals surface area contributed by atoms with Gasteiger partial charge in [-0.2, -0.15) is 11.8 Å². The molecule has 0 aromatic heterocycles. The number of nitrogens with one attached hydrogen (secondary N) is 1. The summed E-state index contributed by atoms with van der Waals surface area (Å²) in [6.07, 6.45) is 5.17. The highest BCUT2D eigenvalue weighted by molar-refractivity contribution is 7.98. The Kier molecular flexibility index (Phi) is 6.21. The molecule has 4 heteroatoms. The number of rotatable bonds is 6. The van der Waals surface area contributed by atoms with E-state index in [2.05, 4.69) is 19.2 Å². The summed E-state index contributed by atoms with van der Waals surface area (Å²) in [5.74, 6) is 1.23. The Bertz CT molecular complexity index is 215. The molecule has 1 atom stereocenters. The molecule has 0 saturated carbocycles. The van der Waals surface area contributed by atoms with Crippen molar-refractivity contribution in [3.05, 3.63) is 0 Å². The standard InChI is InChI=1S/C12H24N2OS/c1-10(2)14(12(15)6-8-16-3)9-11-5-4-7-13-11/h10-11,13H,4-9H2,1-3H3. The molecule has 0 aliphatic carbocycles. The number of amides is 1. The van der Waals surface area contributed by atoms with Gasteiger partial charge in [-0.3, -0.25) is 4.79 Å². The maximum Gasteiger partial charge on any atom is 0.223 e. The summed E-state index contributed by atoms with van der Waals surface area (Å²) in [5, 5.41) is 3.45. The van der Waals surface area contributed by atoms with E-state index in [1.165, 1.54) is 12.8 Å². The molecule has 0 spiro atoms. The molecule has 1 saturated heterocycles. The average molecular weight is 244 g/mol. The van der Waals surface area contributed by atoms with E-state index in [-0.39, 0.29) is 0 Å². The molecule has 94 valence electrons. The number of hydrogen-bond donors (Lipinski definition) is 1. The molecular weight excluding hydrogens is 220 g/mol. The molecule has 1 rings (SSSR count). The predicted octanol–water partition coefficient (Wildman–Crippen LogP) is 1.73. The molecular formula is C12H24N2OS. The van der Waals surface area contributed by atoms with Crippen LogP contribution in [0.25, 0.3) is 0 Å². The Balaban J connectivity index is 2.42. The van der Waals surface area contributed by atoms with E-state index in [0.29, 0.717) is 24.4 Å². The quantitative estimate of drug-likeness (QED) is 0.772. The zero-order chi connectivity index (χ0) is 12.0. The first-order valence-corrected chi connectivity index (χ1v) is 7.56. The van der Waals surface area contributed by atoms with E-state index in [0.717, 1.165) is 18.8 Å². The number of carbonyl (C=O) groups is 1. The molecule has 1 aliphatic heterocycles. The molecule has 0 aromatic carbocycles. The van der Waals surface area contributed by atoms with Gasteiger partial charge in [0.25, 0.3) is 0 Å². The van der Waals surface area contributed by atoms with Crippen LogP contribution in [-0.4, -0.2) is 48.0 Å². The molecule has 1 aliphatic rings. The van der Waals surface area contributed by atoms with Crippen LogP contribution in [0.4, 0.5) is 0 Å². The Labute approximate surface area is 103 Å². The van der Waals surface area contributed by atoms with Gasteiger partial charge in [-0.15, -0.1) is 0 Å². The monoisotopic (exact) mass is 244 g/mol. The van der Waals surface area contributed by atoms with Gasteiger partial charge < -0.3 is 10.2 Å². The van der Waals surface area contributed by atoms with Gasteiger partial charge in [0.1, 0.15) is 0 Å². The van der Waals surface area contributed by atoms with Crippen molar-refractivity contribution in [2.75, 3.05) is 25.1 Å². The second-order valence-electron chi connectivity index (χ2n) is 4.68. The molecule has 16 heavy (non-hydrogen) atoms. The van der Waals surface area contributed by atoms with E-state index < -0.39 is 0 Å². The van der Waals surface area contributed by atoms with Crippen LogP contribution in [0.2, 0.25) is 0 Å². The molecule has 0 aromatic rings. The highest BCUT2D eigenvalue weighted by atomic mass is 32.2. The minimum absolute atomic E-state index is 0.304. The van der Waals surface area contributed by atoms with Crippen LogP contribution in [0.1, 0.15) is 33.1 Å². The highest BCUT2D eigenvalue weighted by Gasteiger charge is 2.22. The maximum absolute atomic E-state index is 12.0. The van der Waals surface area contributed by atoms with Crippen molar-refractivity contribution in [2.24, 2.45) is 0 Å². The highest BCUT2D eigenvalue weighted by Crippen LogP contribution is 2.11. The molecule has 1 unspecified atom stereocenters. The summed E-state index contributed by atoms with van der Waals surface area (Å²) in [6.45, 7) is 6.19. The van der Waals surface area contributed by atoms with Crippen LogP contribution in [0.5, 0.6) is 0 Å². The summed E-state index contributed by atoms with van der Waals surface area (Å²) in [6, 6.07) is 0.831. The molecule has 0 radical (unpaired) electrons. The van der Waals surface area contributed by atoms with Gasteiger partial charge in [-0.1, -0.05) is 0 Å². The van der Waals surface area contributed by atoms with Gasteiger partial charge in [0.15, 0.2) is 0 Å². The van der Waals surface area contributed by atoms with E-state index in [1.807, 2.05) is 11.2 Å². The van der Waals surface area contributed by atoms with E-state index in [1.54, 1.807) is 11.8 Å². The molecule has 1 amide bonds. The van der Waals surface area contributed by atoms with E-state index in [4.69, 9.17) is 0 Å². The maximum atomic E-state index is 12.0. The normalized spacial score (nSPS) is 20.4. The van der Waals surface area contributed by atoms with Crippen LogP contribution in [0.15, 0.2) is 0 Å². The van der Waals surface area contributed by atoms with Crippen molar-refractivity contribution in [2.45, 2.75) is 45.2 Å². The predicted molar refractivity (Wildman–Crippen MR) is 70.9 cm³/mol. The first-order valence-electron chi connectivity index (χ1n) is 6.17. The largest absolute Gasteiger partial charge is 0.339 e. The molecule has 1 heterocycles. The van der Waals surface area contributed by atoms with Crippen molar-refractivity contribution < 1.29 is 4.79 Å². The van der Waals surface area contributed by atoms with Gasteiger partial charge >= 0.3 is 0 Å². The van der Waals surface area contributed by atoms with Crippen LogP contribution in [-0.2, 0) is 4.79 Å². The van der Waals surface area contributed by atoms with Gasteiger partial charge in [0.05, 0.1) is 0 Å². The van der Waals surface area contributed by atoms with Crippen molar-refractivity contribution in [1.29, 1.82) is 0 Å². The van der Waals surface area contributed by atoms with Gasteiger partial charge in [0, 0.05) is 30.8 Å². The van der Waals surface area contributed by atoms with Gasteiger partial charge in [-0.05, 0) is 39.5 Å². The number of carbonyl (C=O) groups excluding carboxylic acids is 1. The van der Waals surface area contributed by atoms with Crippen molar-refractivity contribution in [3.8, 4) is 0 Å². The lowest BCUT2D eigenvalue weighted by Gasteiger charge is -2.29. The topological polar surface area (TPSA) is 32.3 Å². The van der Waals surface area contributed by atoms with E-state index >= 15 is 0 Å². The smallest absolute Gasteiger partial charge is 0.223 e. The lowest BCUT2D eigenvalue weighted by Crippen LogP contribution is -2.44. The Morgan fingerprint density at radius 2 is 2.31 bits per heavy atom. The lowest BCUT2D eigenvalue weighted by molar-refractivity contribution is -0.132. The SMILES string of the molecule is CSCCC(=O)N(CC1CCCN1)C(C)C. The average Bonchev–Trinajstić information content (AvgIpc) is 2.74. The van der Waals surface area contributed by atoms with Crippen LogP contribution < -0.4 is 5.32 Å². The van der Waals surface area contributed by atoms with Crippen molar-refractivity contribution >= 4 is 17.7 Å². The molecule has 1 N–H and O–H groups in total. The third-order valence-electron chi connectivity index (χ3n) is 3.04. The number of nitrogens with zero attached hydrogens (tertiary/aromatic N) is 1. The summed E-state index contributed by atoms with van der Waals surface area (Å²) in [5.41, 5.74) is 0. The summed E-state index contributed by atoms with van der Waals surface area (Å²) in [7, 11) is 0. The Morgan fingerprint density at radius 3 is 2.81 bits per heavy atom. The summed E-state index contributed by atoms with van der Waals surface area (Å²) >= 11 is 1.74. The van der Waals surface area contributed by atoms with Gasteiger partial charge in [0.2, 0.25) is 5.91 Å².